The van der Waals surface area contributed by atoms with Crippen LogP contribution in [0.15, 0.2) is 33.6 Å². The van der Waals surface area contributed by atoms with Crippen LogP contribution in [-0.4, -0.2) is 11.7 Å². The molecule has 0 aromatic carbocycles. The van der Waals surface area contributed by atoms with Crippen molar-refractivity contribution >= 4 is 22.6 Å². The zero-order valence-corrected chi connectivity index (χ0v) is 11.3. The van der Waals surface area contributed by atoms with Crippen LogP contribution in [0.3, 0.4) is 0 Å². The van der Waals surface area contributed by atoms with Crippen LogP contribution in [0, 0.1) is 11.8 Å². The number of rotatable bonds is 4. The lowest BCUT2D eigenvalue weighted by atomic mass is 9.71. The summed E-state index contributed by atoms with van der Waals surface area (Å²) in [4.78, 5) is 0. The van der Waals surface area contributed by atoms with E-state index >= 15 is 0 Å². The molecule has 84 valence electrons. The van der Waals surface area contributed by atoms with E-state index in [2.05, 4.69) is 35.7 Å². The third-order valence-electron chi connectivity index (χ3n) is 3.03. The van der Waals surface area contributed by atoms with Gasteiger partial charge in [0.15, 0.2) is 0 Å². The Morgan fingerprint density at radius 1 is 1.47 bits per heavy atom. The molecule has 0 radical (unpaired) electrons. The summed E-state index contributed by atoms with van der Waals surface area (Å²) in [7, 11) is 0. The number of aliphatic hydroxyl groups is 1. The second-order valence-corrected chi connectivity index (χ2v) is 5.43. The minimum atomic E-state index is 0.216. The average molecular weight is 319 g/mol. The molecule has 2 nitrogen and oxygen atoms in total. The second kappa shape index (κ2) is 5.16. The van der Waals surface area contributed by atoms with E-state index in [4.69, 9.17) is 5.73 Å². The summed E-state index contributed by atoms with van der Waals surface area (Å²) in [5, 5.41) is 10.2. The van der Waals surface area contributed by atoms with E-state index in [9.17, 15) is 5.11 Å². The Kier molecular flexibility index (Phi) is 4.40. The van der Waals surface area contributed by atoms with Crippen molar-refractivity contribution in [1.82, 2.24) is 0 Å². The summed E-state index contributed by atoms with van der Waals surface area (Å²) < 4.78 is 0.847. The summed E-state index contributed by atoms with van der Waals surface area (Å²) >= 11 is 2.12. The first-order valence-electron chi connectivity index (χ1n) is 5.12. The van der Waals surface area contributed by atoms with Crippen molar-refractivity contribution in [2.24, 2.45) is 17.6 Å². The number of hydrogen-bond acceptors (Lipinski definition) is 2. The van der Waals surface area contributed by atoms with Crippen LogP contribution in [0.25, 0.3) is 0 Å². The van der Waals surface area contributed by atoms with Gasteiger partial charge in [-0.05, 0) is 60.4 Å². The molecule has 1 fully saturated rings. The minimum Gasteiger partial charge on any atom is -0.511 e. The molecule has 0 aliphatic heterocycles. The molecule has 0 bridgehead atoms. The highest BCUT2D eigenvalue weighted by molar-refractivity contribution is 14.1. The largest absolute Gasteiger partial charge is 0.511 e. The fourth-order valence-electron chi connectivity index (χ4n) is 1.99. The standard InChI is InChI=1S/C12H18INO/c1-7(2)11(8(3)13)12(15)10-5-4-9(10)6-14/h9-10,15H,1,3-6,14H2,2H3/b12-11-/t9?,10-/m0/s1. The van der Waals surface area contributed by atoms with E-state index < -0.39 is 0 Å². The van der Waals surface area contributed by atoms with Gasteiger partial charge in [0.1, 0.15) is 5.76 Å². The predicted molar refractivity (Wildman–Crippen MR) is 72.9 cm³/mol. The zero-order chi connectivity index (χ0) is 11.6. The summed E-state index contributed by atoms with van der Waals surface area (Å²) in [6.45, 7) is 10.3. The maximum Gasteiger partial charge on any atom is 0.104 e. The molecule has 2 atom stereocenters. The molecule has 0 amide bonds. The molecule has 1 saturated carbocycles. The smallest absolute Gasteiger partial charge is 0.104 e. The third kappa shape index (κ3) is 2.64. The van der Waals surface area contributed by atoms with Crippen LogP contribution in [0.5, 0.6) is 0 Å². The topological polar surface area (TPSA) is 46.2 Å². The van der Waals surface area contributed by atoms with Gasteiger partial charge in [0, 0.05) is 15.1 Å². The second-order valence-electron chi connectivity index (χ2n) is 4.13. The van der Waals surface area contributed by atoms with Gasteiger partial charge in [-0.2, -0.15) is 0 Å². The van der Waals surface area contributed by atoms with Gasteiger partial charge in [-0.1, -0.05) is 13.2 Å². The van der Waals surface area contributed by atoms with Crippen molar-refractivity contribution in [2.45, 2.75) is 19.8 Å². The highest BCUT2D eigenvalue weighted by Crippen LogP contribution is 2.41. The van der Waals surface area contributed by atoms with Gasteiger partial charge in [0.2, 0.25) is 0 Å². The van der Waals surface area contributed by atoms with Gasteiger partial charge >= 0.3 is 0 Å². The normalized spacial score (nSPS) is 26.6. The molecular weight excluding hydrogens is 301 g/mol. The lowest BCUT2D eigenvalue weighted by molar-refractivity contribution is 0.157. The molecule has 3 N–H and O–H groups in total. The molecule has 1 unspecified atom stereocenters. The van der Waals surface area contributed by atoms with Crippen LogP contribution in [0.4, 0.5) is 0 Å². The quantitative estimate of drug-likeness (QED) is 0.474. The first kappa shape index (κ1) is 12.8. The van der Waals surface area contributed by atoms with Crippen LogP contribution >= 0.6 is 22.6 Å². The lowest BCUT2D eigenvalue weighted by Crippen LogP contribution is -2.34. The van der Waals surface area contributed by atoms with E-state index in [1.165, 1.54) is 0 Å². The monoisotopic (exact) mass is 319 g/mol. The fourth-order valence-corrected chi connectivity index (χ4v) is 2.72. The Balaban J connectivity index is 2.95. The first-order chi connectivity index (χ1) is 6.99. The average Bonchev–Trinajstić information content (AvgIpc) is 2.00. The Morgan fingerprint density at radius 3 is 2.33 bits per heavy atom. The Morgan fingerprint density at radius 2 is 2.07 bits per heavy atom. The molecule has 0 spiro atoms. The van der Waals surface area contributed by atoms with E-state index in [0.717, 1.165) is 27.6 Å². The summed E-state index contributed by atoms with van der Waals surface area (Å²) in [5.41, 5.74) is 7.32. The van der Waals surface area contributed by atoms with Crippen molar-refractivity contribution in [1.29, 1.82) is 0 Å². The maximum atomic E-state index is 10.2. The van der Waals surface area contributed by atoms with Gasteiger partial charge in [-0.15, -0.1) is 0 Å². The summed E-state index contributed by atoms with van der Waals surface area (Å²) in [6, 6.07) is 0. The van der Waals surface area contributed by atoms with Crippen molar-refractivity contribution in [2.75, 3.05) is 6.54 Å². The molecule has 0 saturated heterocycles. The van der Waals surface area contributed by atoms with E-state index in [1.807, 2.05) is 6.92 Å². The van der Waals surface area contributed by atoms with Gasteiger partial charge in [0.25, 0.3) is 0 Å². The van der Waals surface area contributed by atoms with Crippen molar-refractivity contribution in [3.05, 3.63) is 33.6 Å². The van der Waals surface area contributed by atoms with E-state index in [-0.39, 0.29) is 5.92 Å². The number of aliphatic hydroxyl groups excluding tert-OH is 1. The minimum absolute atomic E-state index is 0.216. The first-order valence-corrected chi connectivity index (χ1v) is 6.20. The summed E-state index contributed by atoms with van der Waals surface area (Å²) in [6.07, 6.45) is 2.14. The Labute approximate surface area is 105 Å². The van der Waals surface area contributed by atoms with Gasteiger partial charge in [0.05, 0.1) is 0 Å². The van der Waals surface area contributed by atoms with Gasteiger partial charge in [-0.3, -0.25) is 0 Å². The molecule has 0 aromatic rings. The third-order valence-corrected chi connectivity index (χ3v) is 3.57. The zero-order valence-electron chi connectivity index (χ0n) is 9.09. The number of hydrogen-bond donors (Lipinski definition) is 2. The van der Waals surface area contributed by atoms with Crippen molar-refractivity contribution < 1.29 is 5.11 Å². The van der Waals surface area contributed by atoms with Crippen LogP contribution in [0.2, 0.25) is 0 Å². The van der Waals surface area contributed by atoms with Gasteiger partial charge < -0.3 is 10.8 Å². The molecule has 1 aliphatic carbocycles. The fraction of sp³-hybridized carbons (Fsp3) is 0.500. The number of nitrogens with two attached hydrogens (primary N) is 1. The Bertz CT molecular complexity index is 302. The SMILES string of the molecule is C=C(C)/C(C(=C)I)=C(/O)[C@H]1CCC1CN. The van der Waals surface area contributed by atoms with Crippen LogP contribution < -0.4 is 5.73 Å². The van der Waals surface area contributed by atoms with Crippen molar-refractivity contribution in [3.63, 3.8) is 0 Å². The Hall–Kier alpha value is -0.290. The van der Waals surface area contributed by atoms with E-state index in [0.29, 0.717) is 18.2 Å². The molecule has 0 aromatic heterocycles. The highest BCUT2D eigenvalue weighted by Gasteiger charge is 2.34. The van der Waals surface area contributed by atoms with Crippen LogP contribution in [-0.2, 0) is 0 Å². The van der Waals surface area contributed by atoms with E-state index in [1.54, 1.807) is 0 Å². The van der Waals surface area contributed by atoms with Crippen molar-refractivity contribution in [3.8, 4) is 0 Å². The molecule has 0 heterocycles. The maximum absolute atomic E-state index is 10.2. The highest BCUT2D eigenvalue weighted by atomic mass is 127. The lowest BCUT2D eigenvalue weighted by Gasteiger charge is -2.36. The van der Waals surface area contributed by atoms with Crippen LogP contribution in [0.1, 0.15) is 19.8 Å². The number of halogens is 1. The number of allylic oxidation sites excluding steroid dienone is 4. The molecule has 15 heavy (non-hydrogen) atoms. The summed E-state index contributed by atoms with van der Waals surface area (Å²) in [5.74, 6) is 1.08. The molecular formula is C12H18INO. The molecule has 1 aliphatic rings. The predicted octanol–water partition coefficient (Wildman–Crippen LogP) is 3.31. The van der Waals surface area contributed by atoms with Gasteiger partial charge in [-0.25, -0.2) is 0 Å². The molecule has 1 rings (SSSR count). The molecule has 3 heteroatoms.